The van der Waals surface area contributed by atoms with Gasteiger partial charge in [0, 0.05) is 19.2 Å². The van der Waals surface area contributed by atoms with Gasteiger partial charge < -0.3 is 36.0 Å². The SMILES string of the molecule is Cc1ccc2c(n1)OC1(C[C@@H](C(N)=O)N(C(=O)C(CC3CC3)N(C)C(=O)C(CC3CC3)NC(=O)O)C1)C(=O)N2. The first-order valence-corrected chi connectivity index (χ1v) is 13.3. The molecule has 13 heteroatoms. The number of nitrogens with one attached hydrogen (secondary N) is 2. The van der Waals surface area contributed by atoms with Gasteiger partial charge >= 0.3 is 6.09 Å². The van der Waals surface area contributed by atoms with E-state index in [1.165, 1.54) is 16.8 Å². The van der Waals surface area contributed by atoms with E-state index in [9.17, 15) is 29.1 Å². The molecule has 4 atom stereocenters. The van der Waals surface area contributed by atoms with Crippen LogP contribution in [0.3, 0.4) is 0 Å². The zero-order valence-electron chi connectivity index (χ0n) is 22.0. The lowest BCUT2D eigenvalue weighted by molar-refractivity contribution is -0.148. The monoisotopic (exact) mass is 542 g/mol. The average molecular weight is 543 g/mol. The molecule has 2 saturated carbocycles. The molecule has 1 saturated heterocycles. The fraction of sp³-hybridized carbons (Fsp3) is 0.615. The van der Waals surface area contributed by atoms with Gasteiger partial charge in [-0.25, -0.2) is 9.78 Å². The summed E-state index contributed by atoms with van der Waals surface area (Å²) in [7, 11) is 1.48. The molecule has 0 bridgehead atoms. The van der Waals surface area contributed by atoms with Crippen molar-refractivity contribution in [1.82, 2.24) is 20.1 Å². The Bertz CT molecular complexity index is 1220. The third kappa shape index (κ3) is 5.48. The Balaban J connectivity index is 1.41. The van der Waals surface area contributed by atoms with Crippen LogP contribution in [0.2, 0.25) is 0 Å². The van der Waals surface area contributed by atoms with Gasteiger partial charge in [0.05, 0.1) is 6.54 Å². The summed E-state index contributed by atoms with van der Waals surface area (Å²) >= 11 is 0. The molecular weight excluding hydrogens is 508 g/mol. The van der Waals surface area contributed by atoms with Crippen LogP contribution < -0.4 is 21.1 Å². The number of carbonyl (C=O) groups is 5. The Labute approximate surface area is 225 Å². The van der Waals surface area contributed by atoms with Crippen molar-refractivity contribution in [2.45, 2.75) is 75.6 Å². The molecule has 3 fully saturated rings. The van der Waals surface area contributed by atoms with Crippen LogP contribution in [0.5, 0.6) is 5.88 Å². The van der Waals surface area contributed by atoms with E-state index in [0.29, 0.717) is 24.2 Å². The van der Waals surface area contributed by atoms with Gasteiger partial charge in [-0.1, -0.05) is 25.7 Å². The van der Waals surface area contributed by atoms with Gasteiger partial charge in [-0.15, -0.1) is 0 Å². The number of likely N-dealkylation sites (N-methyl/N-ethyl adjacent to an activating group) is 1. The van der Waals surface area contributed by atoms with E-state index < -0.39 is 53.4 Å². The summed E-state index contributed by atoms with van der Waals surface area (Å²) in [6.45, 7) is 1.52. The molecule has 5 N–H and O–H groups in total. The van der Waals surface area contributed by atoms with E-state index >= 15 is 0 Å². The molecule has 0 aromatic carbocycles. The molecule has 3 heterocycles. The fourth-order valence-electron chi connectivity index (χ4n) is 5.51. The number of amides is 5. The van der Waals surface area contributed by atoms with Crippen LogP contribution in [0, 0.1) is 18.8 Å². The van der Waals surface area contributed by atoms with Crippen LogP contribution in [0.4, 0.5) is 10.5 Å². The number of primary amides is 1. The van der Waals surface area contributed by atoms with Crippen molar-refractivity contribution in [2.24, 2.45) is 17.6 Å². The van der Waals surface area contributed by atoms with E-state index in [2.05, 4.69) is 15.6 Å². The molecule has 5 amide bonds. The quantitative estimate of drug-likeness (QED) is 0.350. The zero-order valence-corrected chi connectivity index (χ0v) is 22.0. The zero-order chi connectivity index (χ0) is 28.1. The third-order valence-corrected chi connectivity index (χ3v) is 8.11. The Morgan fingerprint density at radius 1 is 1.23 bits per heavy atom. The molecule has 5 rings (SSSR count). The lowest BCUT2D eigenvalue weighted by Crippen LogP contribution is -2.58. The molecule has 1 spiro atoms. The molecule has 1 aromatic heterocycles. The number of nitrogens with zero attached hydrogens (tertiary/aromatic N) is 3. The van der Waals surface area contributed by atoms with Crippen LogP contribution in [-0.2, 0) is 19.2 Å². The number of aryl methyl sites for hydroxylation is 1. The second-order valence-corrected chi connectivity index (χ2v) is 11.3. The number of likely N-dealkylation sites (tertiary alicyclic amines) is 1. The Hall–Kier alpha value is -3.90. The number of carboxylic acid groups (broad SMARTS) is 1. The lowest BCUT2D eigenvalue weighted by atomic mass is 9.97. The smallest absolute Gasteiger partial charge is 0.405 e. The van der Waals surface area contributed by atoms with Crippen molar-refractivity contribution < 1.29 is 33.8 Å². The summed E-state index contributed by atoms with van der Waals surface area (Å²) in [6, 6.07) is 0.311. The summed E-state index contributed by atoms with van der Waals surface area (Å²) in [5, 5.41) is 14.4. The maximum Gasteiger partial charge on any atom is 0.405 e. The normalized spacial score (nSPS) is 25.2. The minimum absolute atomic E-state index is 0.159. The number of carbonyl (C=O) groups excluding carboxylic acids is 4. The lowest BCUT2D eigenvalue weighted by Gasteiger charge is -2.36. The first-order valence-electron chi connectivity index (χ1n) is 13.3. The number of ether oxygens (including phenoxy) is 1. The molecule has 39 heavy (non-hydrogen) atoms. The van der Waals surface area contributed by atoms with E-state index in [1.54, 1.807) is 19.1 Å². The van der Waals surface area contributed by atoms with Crippen molar-refractivity contribution in [3.63, 3.8) is 0 Å². The highest BCUT2D eigenvalue weighted by molar-refractivity contribution is 6.03. The molecule has 210 valence electrons. The largest absolute Gasteiger partial charge is 0.465 e. The minimum Gasteiger partial charge on any atom is -0.465 e. The molecule has 1 aromatic rings. The second-order valence-electron chi connectivity index (χ2n) is 11.3. The highest BCUT2D eigenvalue weighted by atomic mass is 16.5. The number of hydrogen-bond donors (Lipinski definition) is 4. The number of pyridine rings is 1. The van der Waals surface area contributed by atoms with Gasteiger partial charge in [-0.05, 0) is 43.7 Å². The highest BCUT2D eigenvalue weighted by Crippen LogP contribution is 2.41. The molecule has 13 nitrogen and oxygen atoms in total. The van der Waals surface area contributed by atoms with E-state index in [1.807, 2.05) is 0 Å². The van der Waals surface area contributed by atoms with Crippen LogP contribution in [-0.4, -0.2) is 86.9 Å². The second kappa shape index (κ2) is 10.0. The van der Waals surface area contributed by atoms with Crippen LogP contribution in [0.15, 0.2) is 12.1 Å². The van der Waals surface area contributed by atoms with Crippen LogP contribution >= 0.6 is 0 Å². The molecule has 3 unspecified atom stereocenters. The maximum absolute atomic E-state index is 14.1. The summed E-state index contributed by atoms with van der Waals surface area (Å²) in [4.78, 5) is 71.6. The van der Waals surface area contributed by atoms with Gasteiger partial charge in [-0.2, -0.15) is 0 Å². The number of nitrogens with two attached hydrogens (primary N) is 1. The fourth-order valence-corrected chi connectivity index (χ4v) is 5.51. The maximum atomic E-state index is 14.1. The minimum atomic E-state index is -1.57. The topological polar surface area (TPSA) is 184 Å². The first-order chi connectivity index (χ1) is 18.5. The van der Waals surface area contributed by atoms with Gasteiger partial charge in [-0.3, -0.25) is 19.2 Å². The molecule has 4 aliphatic rings. The van der Waals surface area contributed by atoms with Crippen LogP contribution in [0.25, 0.3) is 0 Å². The summed E-state index contributed by atoms with van der Waals surface area (Å²) in [6.07, 6.45) is 2.90. The number of aromatic nitrogens is 1. The number of fused-ring (bicyclic) bond motifs is 1. The Kier molecular flexibility index (Phi) is 6.85. The van der Waals surface area contributed by atoms with Crippen molar-refractivity contribution in [3.05, 3.63) is 17.8 Å². The van der Waals surface area contributed by atoms with Gasteiger partial charge in [0.25, 0.3) is 5.91 Å². The summed E-state index contributed by atoms with van der Waals surface area (Å²) in [5.74, 6) is -1.67. The van der Waals surface area contributed by atoms with Gasteiger partial charge in [0.1, 0.15) is 23.8 Å². The average Bonchev–Trinajstić information content (AvgIpc) is 3.81. The Morgan fingerprint density at radius 2 is 1.90 bits per heavy atom. The number of hydrogen-bond acceptors (Lipinski definition) is 7. The van der Waals surface area contributed by atoms with Crippen molar-refractivity contribution in [1.29, 1.82) is 0 Å². The predicted octanol–water partition coefficient (Wildman–Crippen LogP) is 0.609. The predicted molar refractivity (Wildman–Crippen MR) is 136 cm³/mol. The molecule has 2 aliphatic carbocycles. The standard InChI is InChI=1S/C26H34N6O7/c1-13-3-8-16-21(28-13)39-26(24(36)29-16)11-19(20(27)33)32(12-26)23(35)18(10-15-6-7-15)31(2)22(34)17(30-25(37)38)9-14-4-5-14/h3,8,14-15,17-19,30H,4-7,9-12H2,1-2H3,(H2,27,33)(H,29,36)(H,37,38)/t17?,18?,19-,26?/m0/s1. The third-order valence-electron chi connectivity index (χ3n) is 8.11. The van der Waals surface area contributed by atoms with E-state index in [4.69, 9.17) is 10.5 Å². The summed E-state index contributed by atoms with van der Waals surface area (Å²) in [5.41, 5.74) is 5.18. The number of rotatable bonds is 9. The van der Waals surface area contributed by atoms with Gasteiger partial charge in [0.2, 0.25) is 29.2 Å². The van der Waals surface area contributed by atoms with E-state index in [0.717, 1.165) is 25.7 Å². The molecule has 0 radical (unpaired) electrons. The van der Waals surface area contributed by atoms with Crippen molar-refractivity contribution in [2.75, 3.05) is 18.9 Å². The summed E-state index contributed by atoms with van der Waals surface area (Å²) < 4.78 is 6.07. The highest BCUT2D eigenvalue weighted by Gasteiger charge is 2.58. The first kappa shape index (κ1) is 26.7. The van der Waals surface area contributed by atoms with Crippen molar-refractivity contribution in [3.8, 4) is 5.88 Å². The van der Waals surface area contributed by atoms with Gasteiger partial charge in [0.15, 0.2) is 0 Å². The molecule has 2 aliphatic heterocycles. The van der Waals surface area contributed by atoms with Crippen LogP contribution in [0.1, 0.15) is 50.6 Å². The van der Waals surface area contributed by atoms with Crippen molar-refractivity contribution >= 4 is 35.4 Å². The Morgan fingerprint density at radius 3 is 2.51 bits per heavy atom. The molecular formula is C26H34N6O7. The number of anilines is 1. The van der Waals surface area contributed by atoms with E-state index in [-0.39, 0.29) is 30.7 Å².